The Kier molecular flexibility index (Phi) is 8.10. The highest BCUT2D eigenvalue weighted by atomic mass is 35.5. The van der Waals surface area contributed by atoms with E-state index < -0.39 is 17.9 Å². The number of nitrogens with zero attached hydrogens (tertiary/aromatic N) is 1. The van der Waals surface area contributed by atoms with Crippen molar-refractivity contribution >= 4 is 40.9 Å². The molecule has 0 saturated carbocycles. The average Bonchev–Trinajstić information content (AvgIpc) is 3.25. The van der Waals surface area contributed by atoms with E-state index in [-0.39, 0.29) is 22.0 Å². The van der Waals surface area contributed by atoms with Crippen molar-refractivity contribution in [2.24, 2.45) is 0 Å². The zero-order valence-corrected chi connectivity index (χ0v) is 20.4. The minimum Gasteiger partial charge on any atom is -0.494 e. The van der Waals surface area contributed by atoms with Gasteiger partial charge in [0.2, 0.25) is 0 Å². The lowest BCUT2D eigenvalue weighted by Crippen LogP contribution is -2.42. The van der Waals surface area contributed by atoms with Crippen LogP contribution in [-0.4, -0.2) is 40.7 Å². The minimum absolute atomic E-state index is 0.0544. The Morgan fingerprint density at radius 2 is 1.86 bits per heavy atom. The van der Waals surface area contributed by atoms with Crippen molar-refractivity contribution in [1.29, 1.82) is 0 Å². The van der Waals surface area contributed by atoms with Crippen molar-refractivity contribution in [3.05, 3.63) is 87.5 Å². The summed E-state index contributed by atoms with van der Waals surface area (Å²) in [6, 6.07) is 15.1. The highest BCUT2D eigenvalue weighted by Gasteiger charge is 2.24. The molecule has 182 valence electrons. The molecule has 3 N–H and O–H groups in total. The first-order valence-corrected chi connectivity index (χ1v) is 12.1. The lowest BCUT2D eigenvalue weighted by Gasteiger charge is -2.16. The Morgan fingerprint density at radius 1 is 1.11 bits per heavy atom. The Bertz CT molecular complexity index is 1160. The van der Waals surface area contributed by atoms with Gasteiger partial charge in [0.15, 0.2) is 0 Å². The monoisotopic (exact) mass is 513 g/mol. The SMILES string of the molecule is O=C(N[C@@H](Cc1ccc(OCCC[C@@H]2Cc3cccnc3N2)cc1)C(=O)O)c1c(Cl)cccc1Cl. The quantitative estimate of drug-likeness (QED) is 0.329. The molecule has 7 nitrogen and oxygen atoms in total. The van der Waals surface area contributed by atoms with Gasteiger partial charge in [0.1, 0.15) is 17.6 Å². The summed E-state index contributed by atoms with van der Waals surface area (Å²) in [5.74, 6) is -0.111. The second-order valence-electron chi connectivity index (χ2n) is 8.36. The maximum atomic E-state index is 12.6. The van der Waals surface area contributed by atoms with Crippen LogP contribution < -0.4 is 15.4 Å². The highest BCUT2D eigenvalue weighted by Crippen LogP contribution is 2.26. The van der Waals surface area contributed by atoms with Crippen molar-refractivity contribution in [3.63, 3.8) is 0 Å². The van der Waals surface area contributed by atoms with Crippen molar-refractivity contribution in [3.8, 4) is 5.75 Å². The van der Waals surface area contributed by atoms with Gasteiger partial charge in [-0.05, 0) is 60.7 Å². The molecule has 4 rings (SSSR count). The molecule has 0 aliphatic carbocycles. The van der Waals surface area contributed by atoms with Gasteiger partial charge in [-0.15, -0.1) is 0 Å². The van der Waals surface area contributed by atoms with Crippen LogP contribution in [0.5, 0.6) is 5.75 Å². The van der Waals surface area contributed by atoms with Crippen LogP contribution in [0.4, 0.5) is 5.82 Å². The zero-order chi connectivity index (χ0) is 24.8. The summed E-state index contributed by atoms with van der Waals surface area (Å²) in [6.45, 7) is 0.577. The zero-order valence-electron chi connectivity index (χ0n) is 18.8. The second kappa shape index (κ2) is 11.4. The van der Waals surface area contributed by atoms with Crippen LogP contribution in [0.25, 0.3) is 0 Å². The number of aromatic nitrogens is 1. The maximum absolute atomic E-state index is 12.6. The van der Waals surface area contributed by atoms with Gasteiger partial charge in [-0.3, -0.25) is 4.79 Å². The van der Waals surface area contributed by atoms with Crippen molar-refractivity contribution in [2.75, 3.05) is 11.9 Å². The molecule has 2 heterocycles. The molecule has 9 heteroatoms. The number of carbonyl (C=O) groups is 2. The summed E-state index contributed by atoms with van der Waals surface area (Å²) in [5, 5.41) is 15.9. The van der Waals surface area contributed by atoms with Crippen molar-refractivity contribution in [1.82, 2.24) is 10.3 Å². The molecule has 0 radical (unpaired) electrons. The molecule has 0 saturated heterocycles. The molecule has 2 aromatic carbocycles. The third-order valence-corrected chi connectivity index (χ3v) is 6.45. The predicted molar refractivity (Wildman–Crippen MR) is 136 cm³/mol. The largest absolute Gasteiger partial charge is 0.494 e. The van der Waals surface area contributed by atoms with Crippen LogP contribution >= 0.6 is 23.2 Å². The fourth-order valence-corrected chi connectivity index (χ4v) is 4.61. The number of amides is 1. The Hall–Kier alpha value is -3.29. The Labute approximate surface area is 213 Å². The summed E-state index contributed by atoms with van der Waals surface area (Å²) >= 11 is 12.1. The number of carboxylic acids is 1. The van der Waals surface area contributed by atoms with E-state index in [2.05, 4.69) is 21.7 Å². The fourth-order valence-electron chi connectivity index (χ4n) is 4.04. The summed E-state index contributed by atoms with van der Waals surface area (Å²) < 4.78 is 5.84. The molecule has 1 amide bonds. The van der Waals surface area contributed by atoms with E-state index in [1.165, 1.54) is 17.7 Å². The predicted octanol–water partition coefficient (Wildman–Crippen LogP) is 5.01. The van der Waals surface area contributed by atoms with Gasteiger partial charge in [-0.2, -0.15) is 0 Å². The number of carboxylic acid groups (broad SMARTS) is 1. The number of carbonyl (C=O) groups excluding carboxylic acids is 1. The maximum Gasteiger partial charge on any atom is 0.326 e. The smallest absolute Gasteiger partial charge is 0.326 e. The number of hydrogen-bond acceptors (Lipinski definition) is 5. The van der Waals surface area contributed by atoms with Gasteiger partial charge in [-0.1, -0.05) is 47.5 Å². The molecule has 0 fully saturated rings. The normalized spacial score (nSPS) is 15.1. The number of benzene rings is 2. The van der Waals surface area contributed by atoms with E-state index in [0.29, 0.717) is 18.4 Å². The number of anilines is 1. The van der Waals surface area contributed by atoms with Gasteiger partial charge in [0.25, 0.3) is 5.91 Å². The van der Waals surface area contributed by atoms with Gasteiger partial charge in [0.05, 0.1) is 22.2 Å². The topological polar surface area (TPSA) is 101 Å². The number of aliphatic carboxylic acids is 1. The van der Waals surface area contributed by atoms with Crippen molar-refractivity contribution in [2.45, 2.75) is 37.8 Å². The minimum atomic E-state index is -1.15. The van der Waals surface area contributed by atoms with Crippen LogP contribution in [-0.2, 0) is 17.6 Å². The van der Waals surface area contributed by atoms with Crippen LogP contribution in [0.15, 0.2) is 60.8 Å². The molecule has 1 aliphatic rings. The van der Waals surface area contributed by atoms with Crippen LogP contribution in [0.3, 0.4) is 0 Å². The van der Waals surface area contributed by atoms with Crippen molar-refractivity contribution < 1.29 is 19.4 Å². The van der Waals surface area contributed by atoms with Gasteiger partial charge < -0.3 is 20.5 Å². The number of hydrogen-bond donors (Lipinski definition) is 3. The standard InChI is InChI=1S/C26H25Cl2N3O4/c27-20-6-1-7-21(28)23(20)25(32)31-22(26(33)34)14-16-8-10-19(11-9-16)35-13-3-5-18-15-17-4-2-12-29-24(17)30-18/h1-2,4,6-12,18,22H,3,5,13-15H2,(H,29,30)(H,31,32)(H,33,34)/t18-,22+/m1/s1. The summed E-state index contributed by atoms with van der Waals surface area (Å²) in [7, 11) is 0. The third kappa shape index (κ3) is 6.44. The lowest BCUT2D eigenvalue weighted by molar-refractivity contribution is -0.139. The molecule has 35 heavy (non-hydrogen) atoms. The molecule has 0 spiro atoms. The van der Waals surface area contributed by atoms with E-state index in [4.69, 9.17) is 27.9 Å². The number of nitrogens with one attached hydrogen (secondary N) is 2. The van der Waals surface area contributed by atoms with Gasteiger partial charge in [-0.25, -0.2) is 9.78 Å². The average molecular weight is 514 g/mol. The van der Waals surface area contributed by atoms with E-state index in [0.717, 1.165) is 30.6 Å². The Balaban J connectivity index is 1.25. The summed E-state index contributed by atoms with van der Waals surface area (Å²) in [4.78, 5) is 28.7. The molecule has 0 unspecified atom stereocenters. The van der Waals surface area contributed by atoms with E-state index in [1.807, 2.05) is 6.07 Å². The highest BCUT2D eigenvalue weighted by molar-refractivity contribution is 6.39. The van der Waals surface area contributed by atoms with Gasteiger partial charge >= 0.3 is 5.97 Å². The molecule has 3 aromatic rings. The third-order valence-electron chi connectivity index (χ3n) is 5.82. The number of pyridine rings is 1. The van der Waals surface area contributed by atoms with Gasteiger partial charge in [0, 0.05) is 18.7 Å². The number of rotatable bonds is 10. The number of halogens is 2. The fraction of sp³-hybridized carbons (Fsp3) is 0.269. The van der Waals surface area contributed by atoms with E-state index in [9.17, 15) is 14.7 Å². The number of fused-ring (bicyclic) bond motifs is 1. The lowest BCUT2D eigenvalue weighted by atomic mass is 10.0. The Morgan fingerprint density at radius 3 is 2.54 bits per heavy atom. The summed E-state index contributed by atoms with van der Waals surface area (Å²) in [5.41, 5.74) is 2.05. The molecular weight excluding hydrogens is 489 g/mol. The molecule has 0 bridgehead atoms. The first kappa shape index (κ1) is 24.8. The molecular formula is C26H25Cl2N3O4. The number of ether oxygens (including phenoxy) is 1. The first-order chi connectivity index (χ1) is 16.9. The molecule has 2 atom stereocenters. The van der Waals surface area contributed by atoms with Crippen LogP contribution in [0, 0.1) is 0 Å². The van der Waals surface area contributed by atoms with E-state index in [1.54, 1.807) is 36.5 Å². The van der Waals surface area contributed by atoms with Crippen LogP contribution in [0.1, 0.15) is 34.3 Å². The summed E-state index contributed by atoms with van der Waals surface area (Å²) in [6.07, 6.45) is 4.74. The first-order valence-electron chi connectivity index (χ1n) is 11.3. The van der Waals surface area contributed by atoms with E-state index >= 15 is 0 Å². The van der Waals surface area contributed by atoms with Crippen LogP contribution in [0.2, 0.25) is 10.0 Å². The second-order valence-corrected chi connectivity index (χ2v) is 9.17. The molecule has 1 aromatic heterocycles. The molecule has 1 aliphatic heterocycles.